The second-order valence-electron chi connectivity index (χ2n) is 5.79. The summed E-state index contributed by atoms with van der Waals surface area (Å²) in [6, 6.07) is 14.1. The van der Waals surface area contributed by atoms with Gasteiger partial charge in [0.1, 0.15) is 5.82 Å². The molecule has 6 heteroatoms. The molecule has 25 heavy (non-hydrogen) atoms. The van der Waals surface area contributed by atoms with Crippen LogP contribution in [0.25, 0.3) is 11.3 Å². The fourth-order valence-corrected chi connectivity index (χ4v) is 2.68. The Morgan fingerprint density at radius 2 is 1.88 bits per heavy atom. The molecule has 0 saturated heterocycles. The molecule has 1 atom stereocenters. The van der Waals surface area contributed by atoms with E-state index < -0.39 is 0 Å². The van der Waals surface area contributed by atoms with E-state index in [9.17, 15) is 0 Å². The molecule has 0 unspecified atom stereocenters. The number of aromatic nitrogens is 3. The van der Waals surface area contributed by atoms with Gasteiger partial charge in [0.15, 0.2) is 0 Å². The highest BCUT2D eigenvalue weighted by atomic mass is 79.9. The number of anilines is 3. The third kappa shape index (κ3) is 4.76. The number of hydrogen-bond acceptors (Lipinski definition) is 5. The molecule has 5 nitrogen and oxygen atoms in total. The summed E-state index contributed by atoms with van der Waals surface area (Å²) < 4.78 is 1.01. The Morgan fingerprint density at radius 3 is 2.60 bits per heavy atom. The number of nitrogens with one attached hydrogen (secondary N) is 2. The van der Waals surface area contributed by atoms with Crippen LogP contribution in [0.15, 0.2) is 59.3 Å². The van der Waals surface area contributed by atoms with Crippen molar-refractivity contribution in [3.63, 3.8) is 0 Å². The maximum atomic E-state index is 4.65. The van der Waals surface area contributed by atoms with Gasteiger partial charge < -0.3 is 10.6 Å². The van der Waals surface area contributed by atoms with Crippen molar-refractivity contribution in [2.75, 3.05) is 10.6 Å². The second kappa shape index (κ2) is 8.07. The van der Waals surface area contributed by atoms with E-state index in [1.165, 1.54) is 0 Å². The first-order valence-electron chi connectivity index (χ1n) is 8.22. The molecule has 128 valence electrons. The van der Waals surface area contributed by atoms with E-state index in [0.29, 0.717) is 12.0 Å². The number of pyridine rings is 1. The van der Waals surface area contributed by atoms with E-state index in [0.717, 1.165) is 33.7 Å². The van der Waals surface area contributed by atoms with Gasteiger partial charge in [0.2, 0.25) is 5.95 Å². The highest BCUT2D eigenvalue weighted by molar-refractivity contribution is 9.10. The molecule has 0 saturated carbocycles. The number of hydrogen-bond donors (Lipinski definition) is 2. The molecule has 0 aliphatic heterocycles. The van der Waals surface area contributed by atoms with Gasteiger partial charge in [-0.2, -0.15) is 4.98 Å². The maximum absolute atomic E-state index is 4.65. The molecule has 0 bridgehead atoms. The molecule has 0 amide bonds. The minimum atomic E-state index is 0.298. The molecule has 0 aliphatic carbocycles. The van der Waals surface area contributed by atoms with Crippen molar-refractivity contribution in [3.05, 3.63) is 59.3 Å². The second-order valence-corrected chi connectivity index (χ2v) is 6.70. The summed E-state index contributed by atoms with van der Waals surface area (Å²) in [6.07, 6.45) is 4.53. The molecule has 0 radical (unpaired) electrons. The average Bonchev–Trinajstić information content (AvgIpc) is 2.62. The molecule has 1 aromatic carbocycles. The van der Waals surface area contributed by atoms with Gasteiger partial charge in [-0.15, -0.1) is 0 Å². The van der Waals surface area contributed by atoms with Crippen LogP contribution in [0.4, 0.5) is 17.5 Å². The SMILES string of the molecule is CC[C@@H](C)Nc1nc(Nc2cccc(Br)c2)cc(-c2ccncc2)n1. The van der Waals surface area contributed by atoms with Crippen LogP contribution in [0.2, 0.25) is 0 Å². The van der Waals surface area contributed by atoms with Crippen molar-refractivity contribution in [2.24, 2.45) is 0 Å². The Bertz CT molecular complexity index is 838. The normalized spacial score (nSPS) is 11.8. The Balaban J connectivity index is 1.97. The number of rotatable bonds is 6. The third-order valence-electron chi connectivity index (χ3n) is 3.79. The van der Waals surface area contributed by atoms with Gasteiger partial charge >= 0.3 is 0 Å². The van der Waals surface area contributed by atoms with Crippen LogP contribution in [0.1, 0.15) is 20.3 Å². The molecular weight excluding hydrogens is 378 g/mol. The number of nitrogens with zero attached hydrogens (tertiary/aromatic N) is 3. The van der Waals surface area contributed by atoms with Gasteiger partial charge in [-0.3, -0.25) is 4.98 Å². The number of benzene rings is 1. The van der Waals surface area contributed by atoms with Crippen LogP contribution in [-0.4, -0.2) is 21.0 Å². The summed E-state index contributed by atoms with van der Waals surface area (Å²) in [5.41, 5.74) is 2.81. The average molecular weight is 398 g/mol. The minimum Gasteiger partial charge on any atom is -0.352 e. The Hall–Kier alpha value is -2.47. The zero-order valence-electron chi connectivity index (χ0n) is 14.2. The van der Waals surface area contributed by atoms with Crippen LogP contribution in [0.3, 0.4) is 0 Å². The van der Waals surface area contributed by atoms with Crippen molar-refractivity contribution in [1.29, 1.82) is 0 Å². The third-order valence-corrected chi connectivity index (χ3v) is 4.28. The van der Waals surface area contributed by atoms with Crippen molar-refractivity contribution in [3.8, 4) is 11.3 Å². The molecule has 3 aromatic rings. The van der Waals surface area contributed by atoms with Gasteiger partial charge in [-0.25, -0.2) is 4.98 Å². The zero-order chi connectivity index (χ0) is 17.6. The molecule has 0 fully saturated rings. The Labute approximate surface area is 156 Å². The van der Waals surface area contributed by atoms with E-state index in [2.05, 4.69) is 55.4 Å². The molecular formula is C19H20BrN5. The van der Waals surface area contributed by atoms with E-state index >= 15 is 0 Å². The van der Waals surface area contributed by atoms with Crippen molar-refractivity contribution >= 4 is 33.4 Å². The Kier molecular flexibility index (Phi) is 5.60. The van der Waals surface area contributed by atoms with Gasteiger partial charge in [-0.1, -0.05) is 28.9 Å². The van der Waals surface area contributed by atoms with Crippen LogP contribution in [-0.2, 0) is 0 Å². The van der Waals surface area contributed by atoms with Crippen LogP contribution in [0.5, 0.6) is 0 Å². The monoisotopic (exact) mass is 397 g/mol. The van der Waals surface area contributed by atoms with Crippen LogP contribution < -0.4 is 10.6 Å². The van der Waals surface area contributed by atoms with Gasteiger partial charge in [0.05, 0.1) is 5.69 Å². The number of halogens is 1. The van der Waals surface area contributed by atoms with Crippen molar-refractivity contribution in [2.45, 2.75) is 26.3 Å². The summed E-state index contributed by atoms with van der Waals surface area (Å²) >= 11 is 3.49. The summed E-state index contributed by atoms with van der Waals surface area (Å²) in [5.74, 6) is 1.35. The fraction of sp³-hybridized carbons (Fsp3) is 0.211. The predicted molar refractivity (Wildman–Crippen MR) is 106 cm³/mol. The lowest BCUT2D eigenvalue weighted by molar-refractivity contribution is 0.753. The lowest BCUT2D eigenvalue weighted by Crippen LogP contribution is -2.16. The smallest absolute Gasteiger partial charge is 0.225 e. The summed E-state index contributed by atoms with van der Waals surface area (Å²) in [4.78, 5) is 13.3. The molecule has 0 aliphatic rings. The topological polar surface area (TPSA) is 62.7 Å². The first kappa shape index (κ1) is 17.4. The van der Waals surface area contributed by atoms with Crippen molar-refractivity contribution in [1.82, 2.24) is 15.0 Å². The van der Waals surface area contributed by atoms with E-state index in [4.69, 9.17) is 0 Å². The van der Waals surface area contributed by atoms with Crippen LogP contribution >= 0.6 is 15.9 Å². The molecule has 2 N–H and O–H groups in total. The van der Waals surface area contributed by atoms with Crippen LogP contribution in [0, 0.1) is 0 Å². The first-order valence-corrected chi connectivity index (χ1v) is 9.02. The summed E-state index contributed by atoms with van der Waals surface area (Å²) in [7, 11) is 0. The van der Waals surface area contributed by atoms with E-state index in [1.807, 2.05) is 42.5 Å². The highest BCUT2D eigenvalue weighted by Gasteiger charge is 2.09. The lowest BCUT2D eigenvalue weighted by atomic mass is 10.2. The minimum absolute atomic E-state index is 0.298. The Morgan fingerprint density at radius 1 is 1.08 bits per heavy atom. The van der Waals surface area contributed by atoms with Gasteiger partial charge in [-0.05, 0) is 43.7 Å². The fourth-order valence-electron chi connectivity index (χ4n) is 2.28. The van der Waals surface area contributed by atoms with Gasteiger partial charge in [0, 0.05) is 40.2 Å². The van der Waals surface area contributed by atoms with Crippen molar-refractivity contribution < 1.29 is 0 Å². The zero-order valence-corrected chi connectivity index (χ0v) is 15.8. The molecule has 3 rings (SSSR count). The molecule has 2 aromatic heterocycles. The standard InChI is InChI=1S/C19H20BrN5/c1-3-13(2)22-19-24-17(14-7-9-21-10-8-14)12-18(25-19)23-16-6-4-5-15(20)11-16/h4-13H,3H2,1-2H3,(H2,22,23,24,25)/t13-/m1/s1. The van der Waals surface area contributed by atoms with E-state index in [1.54, 1.807) is 12.4 Å². The largest absolute Gasteiger partial charge is 0.352 e. The first-order chi connectivity index (χ1) is 12.1. The quantitative estimate of drug-likeness (QED) is 0.594. The summed E-state index contributed by atoms with van der Waals surface area (Å²) in [5, 5.41) is 6.70. The van der Waals surface area contributed by atoms with Gasteiger partial charge in [0.25, 0.3) is 0 Å². The molecule has 2 heterocycles. The summed E-state index contributed by atoms with van der Waals surface area (Å²) in [6.45, 7) is 4.24. The highest BCUT2D eigenvalue weighted by Crippen LogP contribution is 2.25. The molecule has 0 spiro atoms. The maximum Gasteiger partial charge on any atom is 0.225 e. The predicted octanol–water partition coefficient (Wildman–Crippen LogP) is 5.26. The van der Waals surface area contributed by atoms with E-state index in [-0.39, 0.29) is 0 Å². The lowest BCUT2D eigenvalue weighted by Gasteiger charge is -2.14.